The molecule has 0 aromatic carbocycles. The van der Waals surface area contributed by atoms with Gasteiger partial charge in [-0.05, 0) is 41.1 Å². The third-order valence-corrected chi connectivity index (χ3v) is 2.61. The van der Waals surface area contributed by atoms with E-state index in [-0.39, 0.29) is 5.56 Å². The molecule has 0 fully saturated rings. The minimum Gasteiger partial charge on any atom is -0.478 e. The summed E-state index contributed by atoms with van der Waals surface area (Å²) in [6, 6.07) is 4.83. The maximum absolute atomic E-state index is 10.9. The second-order valence-electron chi connectivity index (χ2n) is 3.70. The summed E-state index contributed by atoms with van der Waals surface area (Å²) in [5.41, 5.74) is 1.58. The molecule has 18 heavy (non-hydrogen) atoms. The van der Waals surface area contributed by atoms with Gasteiger partial charge in [-0.2, -0.15) is 0 Å². The quantitative estimate of drug-likeness (QED) is 0.911. The Balaban J connectivity index is 2.31. The predicted molar refractivity (Wildman–Crippen MR) is 71.2 cm³/mol. The Bertz CT molecular complexity index is 602. The molecule has 92 valence electrons. The largest absolute Gasteiger partial charge is 0.478 e. The number of rotatable bonds is 3. The Hall–Kier alpha value is -1.95. The number of carboxylic acids is 1. The molecule has 6 heteroatoms. The molecule has 5 nitrogen and oxygen atoms in total. The molecule has 0 aliphatic carbocycles. The van der Waals surface area contributed by atoms with E-state index in [1.807, 2.05) is 6.07 Å². The van der Waals surface area contributed by atoms with Gasteiger partial charge >= 0.3 is 5.97 Å². The summed E-state index contributed by atoms with van der Waals surface area (Å²) in [6.07, 6.45) is 3.30. The number of nitrogens with one attached hydrogen (secondary N) is 1. The van der Waals surface area contributed by atoms with Crippen LogP contribution in [0.3, 0.4) is 0 Å². The first-order chi connectivity index (χ1) is 8.54. The monoisotopic (exact) mass is 307 g/mol. The molecule has 0 radical (unpaired) electrons. The number of aromatic carboxylic acids is 1. The third kappa shape index (κ3) is 3.04. The van der Waals surface area contributed by atoms with Crippen molar-refractivity contribution in [2.45, 2.75) is 6.92 Å². The minimum absolute atomic E-state index is 0.202. The topological polar surface area (TPSA) is 75.1 Å². The van der Waals surface area contributed by atoms with E-state index < -0.39 is 5.97 Å². The van der Waals surface area contributed by atoms with Crippen LogP contribution in [0.2, 0.25) is 0 Å². The molecule has 0 aliphatic rings. The van der Waals surface area contributed by atoms with Gasteiger partial charge in [0.1, 0.15) is 5.82 Å². The van der Waals surface area contributed by atoms with Gasteiger partial charge in [0.05, 0.1) is 17.4 Å². The summed E-state index contributed by atoms with van der Waals surface area (Å²) in [4.78, 5) is 19.2. The maximum atomic E-state index is 10.9. The highest BCUT2D eigenvalue weighted by Crippen LogP contribution is 2.19. The van der Waals surface area contributed by atoms with Gasteiger partial charge < -0.3 is 10.4 Å². The van der Waals surface area contributed by atoms with Crippen molar-refractivity contribution in [3.8, 4) is 0 Å². The highest BCUT2D eigenvalue weighted by Gasteiger charge is 2.07. The lowest BCUT2D eigenvalue weighted by Gasteiger charge is -2.07. The second kappa shape index (κ2) is 5.14. The van der Waals surface area contributed by atoms with Crippen LogP contribution in [0, 0.1) is 6.92 Å². The number of anilines is 2. The Morgan fingerprint density at radius 2 is 2.11 bits per heavy atom. The van der Waals surface area contributed by atoms with Crippen LogP contribution in [0.25, 0.3) is 0 Å². The lowest BCUT2D eigenvalue weighted by atomic mass is 10.2. The van der Waals surface area contributed by atoms with E-state index in [9.17, 15) is 4.79 Å². The smallest absolute Gasteiger partial charge is 0.335 e. The Morgan fingerprint density at radius 3 is 2.78 bits per heavy atom. The number of hydrogen-bond acceptors (Lipinski definition) is 4. The van der Waals surface area contributed by atoms with Crippen LogP contribution in [-0.2, 0) is 0 Å². The summed E-state index contributed by atoms with van der Waals surface area (Å²) in [6.45, 7) is 1.75. The van der Waals surface area contributed by atoms with Crippen LogP contribution in [0.15, 0.2) is 35.1 Å². The van der Waals surface area contributed by atoms with Gasteiger partial charge in [-0.25, -0.2) is 9.78 Å². The first-order valence-corrected chi connectivity index (χ1v) is 5.93. The number of aromatic nitrogens is 2. The van der Waals surface area contributed by atoms with Crippen molar-refractivity contribution >= 4 is 33.4 Å². The molecule has 0 saturated heterocycles. The molecule has 0 atom stereocenters. The average molecular weight is 308 g/mol. The van der Waals surface area contributed by atoms with Crippen LogP contribution in [-0.4, -0.2) is 21.0 Å². The van der Waals surface area contributed by atoms with Crippen LogP contribution in [0.1, 0.15) is 16.1 Å². The lowest BCUT2D eigenvalue weighted by molar-refractivity contribution is 0.0696. The highest BCUT2D eigenvalue weighted by atomic mass is 79.9. The number of nitrogens with zero attached hydrogens (tertiary/aromatic N) is 2. The molecule has 0 spiro atoms. The van der Waals surface area contributed by atoms with E-state index in [1.165, 1.54) is 12.1 Å². The van der Waals surface area contributed by atoms with Gasteiger partial charge in [0, 0.05) is 16.4 Å². The zero-order chi connectivity index (χ0) is 13.1. The van der Waals surface area contributed by atoms with Gasteiger partial charge in [0.25, 0.3) is 0 Å². The fraction of sp³-hybridized carbons (Fsp3) is 0.0833. The van der Waals surface area contributed by atoms with Gasteiger partial charge in [-0.1, -0.05) is 0 Å². The molecule has 0 bridgehead atoms. The van der Waals surface area contributed by atoms with Crippen molar-refractivity contribution in [1.29, 1.82) is 0 Å². The summed E-state index contributed by atoms with van der Waals surface area (Å²) in [5, 5.41) is 12.0. The number of halogens is 1. The predicted octanol–water partition coefficient (Wildman–Crippen LogP) is 2.99. The average Bonchev–Trinajstić information content (AvgIpc) is 2.28. The summed E-state index contributed by atoms with van der Waals surface area (Å²) < 4.78 is 0.832. The molecule has 2 rings (SSSR count). The molecule has 2 aromatic rings. The van der Waals surface area contributed by atoms with Crippen LogP contribution in [0.5, 0.6) is 0 Å². The second-order valence-corrected chi connectivity index (χ2v) is 4.62. The van der Waals surface area contributed by atoms with E-state index in [4.69, 9.17) is 5.11 Å². The Kier molecular flexibility index (Phi) is 3.57. The fourth-order valence-corrected chi connectivity index (χ4v) is 1.85. The molecule has 0 saturated carbocycles. The van der Waals surface area contributed by atoms with Crippen LogP contribution >= 0.6 is 15.9 Å². The number of pyridine rings is 2. The van der Waals surface area contributed by atoms with Crippen molar-refractivity contribution < 1.29 is 9.90 Å². The van der Waals surface area contributed by atoms with Gasteiger partial charge in [0.15, 0.2) is 0 Å². The lowest BCUT2D eigenvalue weighted by Crippen LogP contribution is -2.02. The molecule has 0 amide bonds. The zero-order valence-corrected chi connectivity index (χ0v) is 11.1. The summed E-state index contributed by atoms with van der Waals surface area (Å²) in [7, 11) is 0. The first-order valence-electron chi connectivity index (χ1n) is 5.14. The van der Waals surface area contributed by atoms with E-state index in [2.05, 4.69) is 31.2 Å². The maximum Gasteiger partial charge on any atom is 0.335 e. The van der Waals surface area contributed by atoms with Gasteiger partial charge in [-0.15, -0.1) is 0 Å². The van der Waals surface area contributed by atoms with Crippen molar-refractivity contribution in [1.82, 2.24) is 9.97 Å². The standard InChI is InChI=1S/C12H10BrN3O2/c1-7-2-8(12(17)18)3-11(15-7)16-10-4-9(13)5-14-6-10/h2-6H,1H3,(H,15,16)(H,17,18). The van der Waals surface area contributed by atoms with Gasteiger partial charge in [0.2, 0.25) is 0 Å². The molecule has 0 aliphatic heterocycles. The Labute approximate surface area is 112 Å². The molecular weight excluding hydrogens is 298 g/mol. The summed E-state index contributed by atoms with van der Waals surface area (Å²) >= 11 is 3.31. The molecule has 2 N–H and O–H groups in total. The number of hydrogen-bond donors (Lipinski definition) is 2. The number of aryl methyl sites for hydroxylation is 1. The van der Waals surface area contributed by atoms with Crippen molar-refractivity contribution in [2.24, 2.45) is 0 Å². The number of carboxylic acid groups (broad SMARTS) is 1. The molecule has 0 unspecified atom stereocenters. The van der Waals surface area contributed by atoms with E-state index >= 15 is 0 Å². The summed E-state index contributed by atoms with van der Waals surface area (Å²) in [5.74, 6) is -0.497. The van der Waals surface area contributed by atoms with Crippen molar-refractivity contribution in [2.75, 3.05) is 5.32 Å². The van der Waals surface area contributed by atoms with Crippen molar-refractivity contribution in [3.05, 3.63) is 46.3 Å². The first kappa shape index (κ1) is 12.5. The molecular formula is C12H10BrN3O2. The normalized spacial score (nSPS) is 10.1. The highest BCUT2D eigenvalue weighted by molar-refractivity contribution is 9.10. The number of carbonyl (C=O) groups is 1. The SMILES string of the molecule is Cc1cc(C(=O)O)cc(Nc2cncc(Br)c2)n1. The van der Waals surface area contributed by atoms with Crippen LogP contribution in [0.4, 0.5) is 11.5 Å². The molecule has 2 aromatic heterocycles. The van der Waals surface area contributed by atoms with E-state index in [0.29, 0.717) is 11.5 Å². The van der Waals surface area contributed by atoms with Crippen LogP contribution < -0.4 is 5.32 Å². The Morgan fingerprint density at radius 1 is 1.33 bits per heavy atom. The van der Waals surface area contributed by atoms with Crippen molar-refractivity contribution in [3.63, 3.8) is 0 Å². The fourth-order valence-electron chi connectivity index (χ4n) is 1.48. The van der Waals surface area contributed by atoms with E-state index in [0.717, 1.165) is 10.2 Å². The molecule has 2 heterocycles. The van der Waals surface area contributed by atoms with E-state index in [1.54, 1.807) is 19.3 Å². The van der Waals surface area contributed by atoms with Gasteiger partial charge in [-0.3, -0.25) is 4.98 Å². The zero-order valence-electron chi connectivity index (χ0n) is 9.51. The third-order valence-electron chi connectivity index (χ3n) is 2.18. The minimum atomic E-state index is -0.976.